The van der Waals surface area contributed by atoms with Crippen molar-refractivity contribution in [2.24, 2.45) is 0 Å². The van der Waals surface area contributed by atoms with Crippen LogP contribution < -0.4 is 10.6 Å². The number of amides is 2. The molecule has 2 rings (SSSR count). The first kappa shape index (κ1) is 19.1. The molecule has 9 nitrogen and oxygen atoms in total. The van der Waals surface area contributed by atoms with Crippen molar-refractivity contribution in [2.45, 2.75) is 13.0 Å². The van der Waals surface area contributed by atoms with Crippen LogP contribution in [-0.4, -0.2) is 35.4 Å². The molecule has 0 aliphatic rings. The van der Waals surface area contributed by atoms with E-state index >= 15 is 0 Å². The Balaban J connectivity index is 1.86. The molecule has 2 amide bonds. The highest BCUT2D eigenvalue weighted by molar-refractivity contribution is 7.12. The van der Waals surface area contributed by atoms with Gasteiger partial charge in [0.25, 0.3) is 17.5 Å². The summed E-state index contributed by atoms with van der Waals surface area (Å²) < 4.78 is 4.92. The third kappa shape index (κ3) is 5.11. The van der Waals surface area contributed by atoms with Crippen LogP contribution >= 0.6 is 11.3 Å². The van der Waals surface area contributed by atoms with Crippen molar-refractivity contribution in [3.05, 3.63) is 56.8 Å². The maximum atomic E-state index is 12.1. The SMILES string of the molecule is C[C@H](OC(=O)CNC(=O)c1cccs1)C(=O)Nc1ccccc1[N+](=O)[O-]. The van der Waals surface area contributed by atoms with E-state index in [0.717, 1.165) is 0 Å². The number of anilines is 1. The molecule has 26 heavy (non-hydrogen) atoms. The topological polar surface area (TPSA) is 128 Å². The predicted octanol–water partition coefficient (Wildman–Crippen LogP) is 1.96. The van der Waals surface area contributed by atoms with Crippen LogP contribution in [0.5, 0.6) is 0 Å². The van der Waals surface area contributed by atoms with Gasteiger partial charge < -0.3 is 15.4 Å². The Kier molecular flexibility index (Phi) is 6.39. The molecule has 1 aromatic carbocycles. The van der Waals surface area contributed by atoms with Crippen LogP contribution in [0, 0.1) is 10.1 Å². The highest BCUT2D eigenvalue weighted by Gasteiger charge is 2.21. The second-order valence-electron chi connectivity index (χ2n) is 5.06. The van der Waals surface area contributed by atoms with Crippen molar-refractivity contribution < 1.29 is 24.0 Å². The summed E-state index contributed by atoms with van der Waals surface area (Å²) in [5, 5.41) is 17.4. The third-order valence-corrected chi connectivity index (χ3v) is 4.04. The highest BCUT2D eigenvalue weighted by atomic mass is 32.1. The van der Waals surface area contributed by atoms with E-state index in [1.165, 1.54) is 42.5 Å². The van der Waals surface area contributed by atoms with Crippen LogP contribution in [0.3, 0.4) is 0 Å². The molecule has 0 unspecified atom stereocenters. The summed E-state index contributed by atoms with van der Waals surface area (Å²) in [5.41, 5.74) is -0.279. The number of nitro benzene ring substituents is 1. The lowest BCUT2D eigenvalue weighted by molar-refractivity contribution is -0.383. The Hall–Kier alpha value is -3.27. The smallest absolute Gasteiger partial charge is 0.326 e. The first-order valence-electron chi connectivity index (χ1n) is 7.44. The predicted molar refractivity (Wildman–Crippen MR) is 93.9 cm³/mol. The molecular formula is C16H15N3O6S. The molecule has 10 heteroatoms. The lowest BCUT2D eigenvalue weighted by Crippen LogP contribution is -2.35. The minimum Gasteiger partial charge on any atom is -0.451 e. The van der Waals surface area contributed by atoms with Crippen molar-refractivity contribution in [2.75, 3.05) is 11.9 Å². The molecule has 136 valence electrons. The van der Waals surface area contributed by atoms with E-state index < -0.39 is 35.4 Å². The highest BCUT2D eigenvalue weighted by Crippen LogP contribution is 2.23. The fraction of sp³-hybridized carbons (Fsp3) is 0.188. The zero-order valence-corrected chi connectivity index (χ0v) is 14.4. The average Bonchev–Trinajstić information content (AvgIpc) is 3.14. The van der Waals surface area contributed by atoms with E-state index in [0.29, 0.717) is 4.88 Å². The quantitative estimate of drug-likeness (QED) is 0.431. The van der Waals surface area contributed by atoms with Crippen LogP contribution in [0.15, 0.2) is 41.8 Å². The summed E-state index contributed by atoms with van der Waals surface area (Å²) in [7, 11) is 0. The number of hydrogen-bond donors (Lipinski definition) is 2. The average molecular weight is 377 g/mol. The van der Waals surface area contributed by atoms with Gasteiger partial charge >= 0.3 is 5.97 Å². The number of rotatable bonds is 7. The number of benzene rings is 1. The van der Waals surface area contributed by atoms with Crippen LogP contribution in [0.2, 0.25) is 0 Å². The van der Waals surface area contributed by atoms with Crippen molar-refractivity contribution >= 4 is 40.5 Å². The van der Waals surface area contributed by atoms with Crippen molar-refractivity contribution in [3.63, 3.8) is 0 Å². The molecule has 1 atom stereocenters. The summed E-state index contributed by atoms with van der Waals surface area (Å²) in [5.74, 6) is -1.95. The van der Waals surface area contributed by atoms with Gasteiger partial charge in [-0.15, -0.1) is 11.3 Å². The van der Waals surface area contributed by atoms with Gasteiger partial charge in [0.1, 0.15) is 12.2 Å². The summed E-state index contributed by atoms with van der Waals surface area (Å²) in [4.78, 5) is 46.2. The number of nitro groups is 1. The number of carbonyl (C=O) groups is 3. The molecule has 0 aliphatic heterocycles. The van der Waals surface area contributed by atoms with Crippen molar-refractivity contribution in [1.29, 1.82) is 0 Å². The van der Waals surface area contributed by atoms with Crippen LogP contribution in [0.25, 0.3) is 0 Å². The molecule has 1 heterocycles. The number of para-hydroxylation sites is 2. The zero-order chi connectivity index (χ0) is 19.1. The normalized spacial score (nSPS) is 11.3. The van der Waals surface area contributed by atoms with Gasteiger partial charge in [0.05, 0.1) is 9.80 Å². The number of nitrogens with one attached hydrogen (secondary N) is 2. The maximum Gasteiger partial charge on any atom is 0.326 e. The standard InChI is InChI=1S/C16H15N3O6S/c1-10(15(21)18-11-5-2-3-6-12(11)19(23)24)25-14(20)9-17-16(22)13-7-4-8-26-13/h2-8,10H,9H2,1H3,(H,17,22)(H,18,21)/t10-/m0/s1. The van der Waals surface area contributed by atoms with E-state index in [2.05, 4.69) is 10.6 Å². The maximum absolute atomic E-state index is 12.1. The molecule has 2 aromatic rings. The zero-order valence-electron chi connectivity index (χ0n) is 13.6. The summed E-state index contributed by atoms with van der Waals surface area (Å²) in [6.07, 6.45) is -1.19. The van der Waals surface area contributed by atoms with Gasteiger partial charge in [-0.1, -0.05) is 18.2 Å². The van der Waals surface area contributed by atoms with Crippen LogP contribution in [0.1, 0.15) is 16.6 Å². The lowest BCUT2D eigenvalue weighted by atomic mass is 10.2. The van der Waals surface area contributed by atoms with Gasteiger partial charge in [0.2, 0.25) is 0 Å². The fourth-order valence-corrected chi connectivity index (χ4v) is 2.55. The molecule has 0 spiro atoms. The lowest BCUT2D eigenvalue weighted by Gasteiger charge is -2.13. The van der Waals surface area contributed by atoms with E-state index in [9.17, 15) is 24.5 Å². The number of esters is 1. The van der Waals surface area contributed by atoms with E-state index in [1.807, 2.05) is 0 Å². The van der Waals surface area contributed by atoms with Crippen LogP contribution in [-0.2, 0) is 14.3 Å². The Morgan fingerprint density at radius 3 is 2.62 bits per heavy atom. The van der Waals surface area contributed by atoms with Gasteiger partial charge in [-0.3, -0.25) is 24.5 Å². The first-order valence-corrected chi connectivity index (χ1v) is 8.32. The fourth-order valence-electron chi connectivity index (χ4n) is 1.91. The molecule has 1 aromatic heterocycles. The van der Waals surface area contributed by atoms with Gasteiger partial charge in [-0.2, -0.15) is 0 Å². The molecule has 0 bridgehead atoms. The van der Waals surface area contributed by atoms with E-state index in [4.69, 9.17) is 4.74 Å². The Bertz CT molecular complexity index is 821. The molecule has 2 N–H and O–H groups in total. The number of nitrogens with zero attached hydrogens (tertiary/aromatic N) is 1. The van der Waals surface area contributed by atoms with Gasteiger partial charge in [-0.05, 0) is 24.4 Å². The van der Waals surface area contributed by atoms with Gasteiger partial charge in [-0.25, -0.2) is 0 Å². The number of thiophene rings is 1. The van der Waals surface area contributed by atoms with Crippen molar-refractivity contribution in [3.8, 4) is 0 Å². The molecule has 0 saturated heterocycles. The number of carbonyl (C=O) groups excluding carboxylic acids is 3. The molecule has 0 radical (unpaired) electrons. The second kappa shape index (κ2) is 8.72. The van der Waals surface area contributed by atoms with E-state index in [1.54, 1.807) is 17.5 Å². The monoisotopic (exact) mass is 377 g/mol. The number of ether oxygens (including phenoxy) is 1. The van der Waals surface area contributed by atoms with Gasteiger partial charge in [0.15, 0.2) is 6.10 Å². The van der Waals surface area contributed by atoms with E-state index in [-0.39, 0.29) is 11.4 Å². The second-order valence-corrected chi connectivity index (χ2v) is 6.00. The van der Waals surface area contributed by atoms with Crippen LogP contribution in [0.4, 0.5) is 11.4 Å². The molecule has 0 saturated carbocycles. The Labute approximate surface area is 152 Å². The largest absolute Gasteiger partial charge is 0.451 e. The molecule has 0 fully saturated rings. The molecular weight excluding hydrogens is 362 g/mol. The summed E-state index contributed by atoms with van der Waals surface area (Å²) >= 11 is 1.22. The molecule has 0 aliphatic carbocycles. The third-order valence-electron chi connectivity index (χ3n) is 3.17. The van der Waals surface area contributed by atoms with Gasteiger partial charge in [0, 0.05) is 6.07 Å². The minimum atomic E-state index is -1.19. The van der Waals surface area contributed by atoms with Crippen molar-refractivity contribution in [1.82, 2.24) is 5.32 Å². The Morgan fingerprint density at radius 1 is 1.23 bits per heavy atom. The Morgan fingerprint density at radius 2 is 1.96 bits per heavy atom. The summed E-state index contributed by atoms with van der Waals surface area (Å²) in [6, 6.07) is 8.91. The first-order chi connectivity index (χ1) is 12.4. The number of hydrogen-bond acceptors (Lipinski definition) is 7. The minimum absolute atomic E-state index is 0.00334. The summed E-state index contributed by atoms with van der Waals surface area (Å²) in [6.45, 7) is 0.920.